The van der Waals surface area contributed by atoms with Crippen molar-refractivity contribution in [1.82, 2.24) is 9.88 Å². The van der Waals surface area contributed by atoms with Crippen LogP contribution in [0.25, 0.3) is 0 Å². The number of para-hydroxylation sites is 1. The van der Waals surface area contributed by atoms with Crippen LogP contribution in [0, 0.1) is 0 Å². The highest BCUT2D eigenvalue weighted by molar-refractivity contribution is 5.98. The molecule has 1 aliphatic heterocycles. The maximum Gasteiger partial charge on any atom is 0.258 e. The molecule has 0 saturated heterocycles. The van der Waals surface area contributed by atoms with Crippen molar-refractivity contribution in [2.75, 3.05) is 13.2 Å². The van der Waals surface area contributed by atoms with Crippen molar-refractivity contribution in [2.45, 2.75) is 32.9 Å². The van der Waals surface area contributed by atoms with Crippen molar-refractivity contribution < 1.29 is 14.3 Å². The first kappa shape index (κ1) is 16.3. The van der Waals surface area contributed by atoms with Crippen LogP contribution >= 0.6 is 0 Å². The molecule has 1 amide bonds. The van der Waals surface area contributed by atoms with E-state index >= 15 is 0 Å². The number of hydrogen-bond acceptors (Lipinski definition) is 4. The van der Waals surface area contributed by atoms with Crippen LogP contribution < -0.4 is 9.47 Å². The zero-order valence-corrected chi connectivity index (χ0v) is 14.1. The summed E-state index contributed by atoms with van der Waals surface area (Å²) in [5.74, 6) is 1.14. The van der Waals surface area contributed by atoms with Gasteiger partial charge < -0.3 is 14.4 Å². The number of carbonyl (C=O) groups excluding carboxylic acids is 1. The summed E-state index contributed by atoms with van der Waals surface area (Å²) in [4.78, 5) is 19.2. The maximum atomic E-state index is 13.2. The Morgan fingerprint density at radius 2 is 2.08 bits per heavy atom. The SMILES string of the molecule is CC[C@@H](C)N(Cc1cccnc1)C(=O)c1cccc2c1OCCO2. The Kier molecular flexibility index (Phi) is 4.99. The van der Waals surface area contributed by atoms with Gasteiger partial charge in [0.25, 0.3) is 5.91 Å². The Bertz CT molecular complexity index is 703. The molecule has 0 aliphatic carbocycles. The minimum absolute atomic E-state index is 0.0458. The fraction of sp³-hybridized carbons (Fsp3) is 0.368. The first-order valence-electron chi connectivity index (χ1n) is 8.29. The smallest absolute Gasteiger partial charge is 0.258 e. The lowest BCUT2D eigenvalue weighted by Gasteiger charge is -2.30. The normalized spacial score (nSPS) is 14.1. The number of aromatic nitrogens is 1. The van der Waals surface area contributed by atoms with Gasteiger partial charge >= 0.3 is 0 Å². The van der Waals surface area contributed by atoms with Gasteiger partial charge in [-0.15, -0.1) is 0 Å². The van der Waals surface area contributed by atoms with Crippen LogP contribution in [0.4, 0.5) is 0 Å². The van der Waals surface area contributed by atoms with E-state index in [1.165, 1.54) is 0 Å². The highest BCUT2D eigenvalue weighted by atomic mass is 16.6. The fourth-order valence-electron chi connectivity index (χ4n) is 2.73. The monoisotopic (exact) mass is 326 g/mol. The molecule has 24 heavy (non-hydrogen) atoms. The van der Waals surface area contributed by atoms with Gasteiger partial charge in [-0.3, -0.25) is 9.78 Å². The van der Waals surface area contributed by atoms with Crippen LogP contribution in [-0.4, -0.2) is 35.0 Å². The largest absolute Gasteiger partial charge is 0.486 e. The number of amides is 1. The van der Waals surface area contributed by atoms with E-state index < -0.39 is 0 Å². The lowest BCUT2D eigenvalue weighted by atomic mass is 10.1. The molecule has 0 radical (unpaired) electrons. The highest BCUT2D eigenvalue weighted by Crippen LogP contribution is 2.34. The van der Waals surface area contributed by atoms with Gasteiger partial charge in [0.1, 0.15) is 13.2 Å². The van der Waals surface area contributed by atoms with Crippen molar-refractivity contribution in [3.8, 4) is 11.5 Å². The molecule has 1 aromatic carbocycles. The Morgan fingerprint density at radius 1 is 1.25 bits per heavy atom. The van der Waals surface area contributed by atoms with Gasteiger partial charge in [-0.1, -0.05) is 19.1 Å². The fourth-order valence-corrected chi connectivity index (χ4v) is 2.73. The number of carbonyl (C=O) groups is 1. The Balaban J connectivity index is 1.92. The first-order valence-corrected chi connectivity index (χ1v) is 8.29. The van der Waals surface area contributed by atoms with Gasteiger partial charge in [0, 0.05) is 25.0 Å². The van der Waals surface area contributed by atoms with Gasteiger partial charge in [-0.25, -0.2) is 0 Å². The summed E-state index contributed by atoms with van der Waals surface area (Å²) in [6, 6.07) is 9.44. The van der Waals surface area contributed by atoms with Gasteiger partial charge in [-0.2, -0.15) is 0 Å². The average molecular weight is 326 g/mol. The number of rotatable bonds is 5. The van der Waals surface area contributed by atoms with E-state index in [0.717, 1.165) is 12.0 Å². The molecular weight excluding hydrogens is 304 g/mol. The summed E-state index contributed by atoms with van der Waals surface area (Å²) in [5, 5.41) is 0. The van der Waals surface area contributed by atoms with Crippen LogP contribution in [-0.2, 0) is 6.54 Å². The van der Waals surface area contributed by atoms with Gasteiger partial charge in [0.2, 0.25) is 0 Å². The summed E-state index contributed by atoms with van der Waals surface area (Å²) in [6.07, 6.45) is 4.40. The standard InChI is InChI=1S/C19H22N2O3/c1-3-14(2)21(13-15-6-5-9-20-12-15)19(22)16-7-4-8-17-18(16)24-11-10-23-17/h4-9,12,14H,3,10-11,13H2,1-2H3/t14-/m1/s1. The number of pyridine rings is 1. The first-order chi connectivity index (χ1) is 11.7. The number of ether oxygens (including phenoxy) is 2. The molecule has 1 aliphatic rings. The molecule has 0 spiro atoms. The third-order valence-corrected chi connectivity index (χ3v) is 4.26. The molecule has 2 heterocycles. The minimum atomic E-state index is -0.0458. The van der Waals surface area contributed by atoms with Gasteiger partial charge in [-0.05, 0) is 37.1 Å². The van der Waals surface area contributed by atoms with E-state index in [2.05, 4.69) is 18.8 Å². The summed E-state index contributed by atoms with van der Waals surface area (Å²) in [5.41, 5.74) is 1.56. The van der Waals surface area contributed by atoms with Crippen LogP contribution in [0.3, 0.4) is 0 Å². The van der Waals surface area contributed by atoms with Crippen molar-refractivity contribution in [1.29, 1.82) is 0 Å². The number of nitrogens with zero attached hydrogens (tertiary/aromatic N) is 2. The molecule has 5 heteroatoms. The third-order valence-electron chi connectivity index (χ3n) is 4.26. The highest BCUT2D eigenvalue weighted by Gasteiger charge is 2.26. The Labute approximate surface area is 142 Å². The van der Waals surface area contributed by atoms with Crippen molar-refractivity contribution in [2.24, 2.45) is 0 Å². The van der Waals surface area contributed by atoms with Crippen LogP contribution in [0.2, 0.25) is 0 Å². The lowest BCUT2D eigenvalue weighted by Crippen LogP contribution is -2.38. The van der Waals surface area contributed by atoms with E-state index in [1.807, 2.05) is 29.2 Å². The van der Waals surface area contributed by atoms with Gasteiger partial charge in [0.05, 0.1) is 5.56 Å². The lowest BCUT2D eigenvalue weighted by molar-refractivity contribution is 0.0661. The third kappa shape index (κ3) is 3.35. The predicted octanol–water partition coefficient (Wildman–Crippen LogP) is 3.29. The molecule has 126 valence electrons. The quantitative estimate of drug-likeness (QED) is 0.846. The van der Waals surface area contributed by atoms with Crippen molar-refractivity contribution >= 4 is 5.91 Å². The second-order valence-electron chi connectivity index (χ2n) is 5.88. The minimum Gasteiger partial charge on any atom is -0.486 e. The molecule has 0 N–H and O–H groups in total. The van der Waals surface area contributed by atoms with Crippen LogP contribution in [0.5, 0.6) is 11.5 Å². The molecular formula is C19H22N2O3. The van der Waals surface area contributed by atoms with Crippen LogP contribution in [0.15, 0.2) is 42.7 Å². The van der Waals surface area contributed by atoms with E-state index in [9.17, 15) is 4.79 Å². The Morgan fingerprint density at radius 3 is 2.83 bits per heavy atom. The molecule has 1 aromatic heterocycles. The van der Waals surface area contributed by atoms with E-state index in [-0.39, 0.29) is 11.9 Å². The average Bonchev–Trinajstić information content (AvgIpc) is 2.65. The number of hydrogen-bond donors (Lipinski definition) is 0. The molecule has 0 bridgehead atoms. The molecule has 1 atom stereocenters. The van der Waals surface area contributed by atoms with Crippen molar-refractivity contribution in [3.05, 3.63) is 53.9 Å². The second-order valence-corrected chi connectivity index (χ2v) is 5.88. The topological polar surface area (TPSA) is 51.7 Å². The Hall–Kier alpha value is -2.56. The summed E-state index contributed by atoms with van der Waals surface area (Å²) < 4.78 is 11.3. The summed E-state index contributed by atoms with van der Waals surface area (Å²) in [7, 11) is 0. The number of fused-ring (bicyclic) bond motifs is 1. The molecule has 5 nitrogen and oxygen atoms in total. The molecule has 2 aromatic rings. The molecule has 0 saturated carbocycles. The zero-order chi connectivity index (χ0) is 16.9. The maximum absolute atomic E-state index is 13.2. The molecule has 3 rings (SSSR count). The van der Waals surface area contributed by atoms with E-state index in [0.29, 0.717) is 36.8 Å². The summed E-state index contributed by atoms with van der Waals surface area (Å²) in [6.45, 7) is 5.63. The van der Waals surface area contributed by atoms with Crippen molar-refractivity contribution in [3.63, 3.8) is 0 Å². The molecule has 0 unspecified atom stereocenters. The zero-order valence-electron chi connectivity index (χ0n) is 14.1. The van der Waals surface area contributed by atoms with Crippen LogP contribution in [0.1, 0.15) is 36.2 Å². The van der Waals surface area contributed by atoms with E-state index in [1.54, 1.807) is 18.5 Å². The number of benzene rings is 1. The van der Waals surface area contributed by atoms with Gasteiger partial charge in [0.15, 0.2) is 11.5 Å². The van der Waals surface area contributed by atoms with E-state index in [4.69, 9.17) is 9.47 Å². The molecule has 0 fully saturated rings. The summed E-state index contributed by atoms with van der Waals surface area (Å²) >= 11 is 0. The second kappa shape index (κ2) is 7.34. The predicted molar refractivity (Wildman–Crippen MR) is 91.3 cm³/mol.